The summed E-state index contributed by atoms with van der Waals surface area (Å²) in [5.41, 5.74) is 0.241. The number of rotatable bonds is 5. The van der Waals surface area contributed by atoms with Crippen LogP contribution in [0.4, 0.5) is 0 Å². The molecule has 0 radical (unpaired) electrons. The number of carbonyl (C=O) groups is 1. The minimum absolute atomic E-state index is 0.131. The quantitative estimate of drug-likeness (QED) is 0.682. The van der Waals surface area contributed by atoms with Gasteiger partial charge in [0.25, 0.3) is 0 Å². The van der Waals surface area contributed by atoms with E-state index in [-0.39, 0.29) is 17.2 Å². The summed E-state index contributed by atoms with van der Waals surface area (Å²) in [7, 11) is 0. The summed E-state index contributed by atoms with van der Waals surface area (Å²) in [6.45, 7) is 4.74. The Morgan fingerprint density at radius 2 is 2.23 bits per heavy atom. The number of carbonyl (C=O) groups excluding carboxylic acids is 1. The zero-order valence-electron chi connectivity index (χ0n) is 8.40. The fraction of sp³-hybridized carbons (Fsp3) is 0.900. The molecule has 0 bridgehead atoms. The number of halogens is 1. The highest BCUT2D eigenvalue weighted by molar-refractivity contribution is 6.18. The normalized spacial score (nSPS) is 20.8. The van der Waals surface area contributed by atoms with E-state index in [4.69, 9.17) is 11.6 Å². The van der Waals surface area contributed by atoms with E-state index in [1.807, 2.05) is 13.8 Å². The van der Waals surface area contributed by atoms with Gasteiger partial charge in [0.1, 0.15) is 0 Å². The van der Waals surface area contributed by atoms with E-state index in [9.17, 15) is 4.79 Å². The Kier molecular flexibility index (Phi) is 3.60. The SMILES string of the molecule is CCC(C)C(=O)NCC1(CCl)CC1. The third kappa shape index (κ3) is 2.87. The smallest absolute Gasteiger partial charge is 0.222 e. The van der Waals surface area contributed by atoms with Crippen LogP contribution in [0.25, 0.3) is 0 Å². The molecule has 1 rings (SSSR count). The van der Waals surface area contributed by atoms with Crippen molar-refractivity contribution in [2.24, 2.45) is 11.3 Å². The van der Waals surface area contributed by atoms with Crippen molar-refractivity contribution in [3.63, 3.8) is 0 Å². The predicted octanol–water partition coefficient (Wildman–Crippen LogP) is 2.17. The molecule has 0 aliphatic heterocycles. The largest absolute Gasteiger partial charge is 0.355 e. The molecule has 76 valence electrons. The van der Waals surface area contributed by atoms with Crippen molar-refractivity contribution in [2.75, 3.05) is 12.4 Å². The summed E-state index contributed by atoms with van der Waals surface area (Å²) < 4.78 is 0. The Bertz CT molecular complexity index is 189. The molecule has 0 spiro atoms. The Morgan fingerprint density at radius 3 is 2.62 bits per heavy atom. The molecule has 0 heterocycles. The number of amides is 1. The van der Waals surface area contributed by atoms with Gasteiger partial charge in [-0.2, -0.15) is 0 Å². The summed E-state index contributed by atoms with van der Waals surface area (Å²) in [5.74, 6) is 0.971. The van der Waals surface area contributed by atoms with Crippen molar-refractivity contribution in [3.8, 4) is 0 Å². The van der Waals surface area contributed by atoms with Gasteiger partial charge in [-0.1, -0.05) is 13.8 Å². The van der Waals surface area contributed by atoms with Gasteiger partial charge in [-0.3, -0.25) is 4.79 Å². The van der Waals surface area contributed by atoms with Crippen LogP contribution in [0.2, 0.25) is 0 Å². The Morgan fingerprint density at radius 1 is 1.62 bits per heavy atom. The van der Waals surface area contributed by atoms with Gasteiger partial charge >= 0.3 is 0 Å². The van der Waals surface area contributed by atoms with Crippen molar-refractivity contribution in [1.29, 1.82) is 0 Å². The van der Waals surface area contributed by atoms with Crippen LogP contribution in [-0.4, -0.2) is 18.3 Å². The first-order valence-electron chi connectivity index (χ1n) is 4.97. The van der Waals surface area contributed by atoms with E-state index in [1.165, 1.54) is 0 Å². The van der Waals surface area contributed by atoms with Gasteiger partial charge in [-0.25, -0.2) is 0 Å². The Hall–Kier alpha value is -0.240. The zero-order valence-corrected chi connectivity index (χ0v) is 9.16. The van der Waals surface area contributed by atoms with Crippen LogP contribution in [-0.2, 0) is 4.79 Å². The van der Waals surface area contributed by atoms with E-state index < -0.39 is 0 Å². The number of nitrogens with one attached hydrogen (secondary N) is 1. The molecular formula is C10H18ClNO. The molecule has 0 aromatic rings. The number of hydrogen-bond donors (Lipinski definition) is 1. The standard InChI is InChI=1S/C10H18ClNO/c1-3-8(2)9(13)12-7-10(6-11)4-5-10/h8H,3-7H2,1-2H3,(H,12,13). The molecule has 1 N–H and O–H groups in total. The maximum Gasteiger partial charge on any atom is 0.222 e. The van der Waals surface area contributed by atoms with Gasteiger partial charge in [-0.05, 0) is 19.3 Å². The molecule has 1 unspecified atom stereocenters. The highest BCUT2D eigenvalue weighted by Gasteiger charge is 2.41. The first-order chi connectivity index (χ1) is 6.13. The summed E-state index contributed by atoms with van der Waals surface area (Å²) in [6.07, 6.45) is 3.23. The predicted molar refractivity (Wildman–Crippen MR) is 54.9 cm³/mol. The minimum atomic E-state index is 0.131. The second-order valence-electron chi connectivity index (χ2n) is 4.16. The van der Waals surface area contributed by atoms with E-state index in [1.54, 1.807) is 0 Å². The molecule has 1 amide bonds. The maximum atomic E-state index is 11.4. The maximum absolute atomic E-state index is 11.4. The Labute approximate surface area is 85.0 Å². The van der Waals surface area contributed by atoms with Crippen molar-refractivity contribution >= 4 is 17.5 Å². The zero-order chi connectivity index (χ0) is 9.90. The van der Waals surface area contributed by atoms with Gasteiger partial charge in [0.2, 0.25) is 5.91 Å². The van der Waals surface area contributed by atoms with Gasteiger partial charge in [-0.15, -0.1) is 11.6 Å². The van der Waals surface area contributed by atoms with Crippen molar-refractivity contribution in [2.45, 2.75) is 33.1 Å². The molecule has 2 nitrogen and oxygen atoms in total. The topological polar surface area (TPSA) is 29.1 Å². The average Bonchev–Trinajstić information content (AvgIpc) is 2.93. The minimum Gasteiger partial charge on any atom is -0.355 e. The summed E-state index contributed by atoms with van der Waals surface area (Å²) >= 11 is 5.80. The highest BCUT2D eigenvalue weighted by atomic mass is 35.5. The van der Waals surface area contributed by atoms with Crippen LogP contribution < -0.4 is 5.32 Å². The fourth-order valence-electron chi connectivity index (χ4n) is 1.17. The fourth-order valence-corrected chi connectivity index (χ4v) is 1.53. The van der Waals surface area contributed by atoms with Crippen LogP contribution in [0.1, 0.15) is 33.1 Å². The lowest BCUT2D eigenvalue weighted by molar-refractivity contribution is -0.124. The lowest BCUT2D eigenvalue weighted by atomic mass is 10.1. The molecule has 1 aliphatic carbocycles. The molecule has 1 atom stereocenters. The van der Waals surface area contributed by atoms with Gasteiger partial charge in [0.05, 0.1) is 0 Å². The van der Waals surface area contributed by atoms with Crippen molar-refractivity contribution in [1.82, 2.24) is 5.32 Å². The summed E-state index contributed by atoms with van der Waals surface area (Å²) in [4.78, 5) is 11.4. The van der Waals surface area contributed by atoms with Gasteiger partial charge < -0.3 is 5.32 Å². The van der Waals surface area contributed by atoms with Crippen molar-refractivity contribution in [3.05, 3.63) is 0 Å². The molecule has 0 saturated heterocycles. The third-order valence-electron chi connectivity index (χ3n) is 2.94. The first kappa shape index (κ1) is 10.8. The van der Waals surface area contributed by atoms with Crippen LogP contribution in [0.5, 0.6) is 0 Å². The second kappa shape index (κ2) is 4.32. The average molecular weight is 204 g/mol. The lowest BCUT2D eigenvalue weighted by Crippen LogP contribution is -2.34. The summed E-state index contributed by atoms with van der Waals surface area (Å²) in [6, 6.07) is 0. The lowest BCUT2D eigenvalue weighted by Gasteiger charge is -2.14. The van der Waals surface area contributed by atoms with E-state index in [0.717, 1.165) is 25.8 Å². The number of alkyl halides is 1. The third-order valence-corrected chi connectivity index (χ3v) is 3.51. The van der Waals surface area contributed by atoms with Crippen LogP contribution in [0, 0.1) is 11.3 Å². The molecular weight excluding hydrogens is 186 g/mol. The Balaban J connectivity index is 2.22. The molecule has 1 aliphatic rings. The van der Waals surface area contributed by atoms with Crippen LogP contribution in [0.3, 0.4) is 0 Å². The molecule has 13 heavy (non-hydrogen) atoms. The van der Waals surface area contributed by atoms with Gasteiger partial charge in [0.15, 0.2) is 0 Å². The van der Waals surface area contributed by atoms with Crippen molar-refractivity contribution < 1.29 is 4.79 Å². The molecule has 1 fully saturated rings. The molecule has 1 saturated carbocycles. The number of hydrogen-bond acceptors (Lipinski definition) is 1. The second-order valence-corrected chi connectivity index (χ2v) is 4.43. The summed E-state index contributed by atoms with van der Waals surface area (Å²) in [5, 5.41) is 2.96. The van der Waals surface area contributed by atoms with Crippen LogP contribution in [0.15, 0.2) is 0 Å². The van der Waals surface area contributed by atoms with Crippen LogP contribution >= 0.6 is 11.6 Å². The highest BCUT2D eigenvalue weighted by Crippen LogP contribution is 2.45. The first-order valence-corrected chi connectivity index (χ1v) is 5.51. The van der Waals surface area contributed by atoms with E-state index >= 15 is 0 Å². The molecule has 3 heteroatoms. The van der Waals surface area contributed by atoms with E-state index in [2.05, 4.69) is 5.32 Å². The monoisotopic (exact) mass is 203 g/mol. The van der Waals surface area contributed by atoms with Gasteiger partial charge in [0, 0.05) is 23.8 Å². The molecule has 0 aromatic heterocycles. The molecule has 0 aromatic carbocycles. The van der Waals surface area contributed by atoms with E-state index in [0.29, 0.717) is 5.88 Å².